The van der Waals surface area contributed by atoms with Crippen molar-refractivity contribution in [1.82, 2.24) is 5.32 Å². The summed E-state index contributed by atoms with van der Waals surface area (Å²) >= 11 is 0. The zero-order valence-corrected chi connectivity index (χ0v) is 15.2. The predicted molar refractivity (Wildman–Crippen MR) is 98.2 cm³/mol. The Hall–Kier alpha value is -3.02. The second-order valence-electron chi connectivity index (χ2n) is 5.65. The van der Waals surface area contributed by atoms with Crippen LogP contribution < -0.4 is 19.5 Å². The number of hydrogen-bond donors (Lipinski definition) is 1. The van der Waals surface area contributed by atoms with E-state index in [0.717, 1.165) is 17.1 Å². The Morgan fingerprint density at radius 2 is 1.81 bits per heavy atom. The van der Waals surface area contributed by atoms with Gasteiger partial charge in [-0.3, -0.25) is 9.59 Å². The Kier molecular flexibility index (Phi) is 7.02. The second-order valence-corrected chi connectivity index (χ2v) is 5.65. The molecule has 0 spiro atoms. The fourth-order valence-electron chi connectivity index (χ4n) is 2.42. The molecule has 2 aromatic carbocycles. The first kappa shape index (κ1) is 19.3. The summed E-state index contributed by atoms with van der Waals surface area (Å²) in [6, 6.07) is 12.3. The molecule has 2 aromatic rings. The van der Waals surface area contributed by atoms with Crippen molar-refractivity contribution < 1.29 is 23.8 Å². The zero-order chi connectivity index (χ0) is 18.9. The van der Waals surface area contributed by atoms with Crippen LogP contribution in [0.2, 0.25) is 0 Å². The number of carbonyl (C=O) groups excluding carboxylic acids is 2. The van der Waals surface area contributed by atoms with Crippen LogP contribution in [0.3, 0.4) is 0 Å². The first-order valence-electron chi connectivity index (χ1n) is 8.25. The van der Waals surface area contributed by atoms with Crippen molar-refractivity contribution in [3.8, 4) is 17.2 Å². The van der Waals surface area contributed by atoms with Crippen LogP contribution in [0.4, 0.5) is 0 Å². The quantitative estimate of drug-likeness (QED) is 0.699. The Morgan fingerprint density at radius 1 is 1.00 bits per heavy atom. The Morgan fingerprint density at radius 3 is 2.50 bits per heavy atom. The molecule has 0 atom stereocenters. The molecule has 1 N–H and O–H groups in total. The number of benzene rings is 2. The van der Waals surface area contributed by atoms with Gasteiger partial charge >= 0.3 is 0 Å². The number of ketones is 1. The van der Waals surface area contributed by atoms with E-state index in [4.69, 9.17) is 14.2 Å². The SMILES string of the molecule is COc1ccc(OC)c(CCNC(=O)COc2cccc(C(C)=O)c2)c1. The van der Waals surface area contributed by atoms with Crippen molar-refractivity contribution in [3.05, 3.63) is 53.6 Å². The number of amides is 1. The van der Waals surface area contributed by atoms with Gasteiger partial charge in [-0.15, -0.1) is 0 Å². The first-order chi connectivity index (χ1) is 12.5. The maximum atomic E-state index is 11.9. The highest BCUT2D eigenvalue weighted by Gasteiger charge is 2.08. The molecule has 0 heterocycles. The van der Waals surface area contributed by atoms with E-state index in [-0.39, 0.29) is 18.3 Å². The van der Waals surface area contributed by atoms with Gasteiger partial charge < -0.3 is 19.5 Å². The number of hydrogen-bond acceptors (Lipinski definition) is 5. The van der Waals surface area contributed by atoms with Gasteiger partial charge in [0.2, 0.25) is 0 Å². The second kappa shape index (κ2) is 9.46. The molecule has 6 nitrogen and oxygen atoms in total. The van der Waals surface area contributed by atoms with E-state index < -0.39 is 0 Å². The third-order valence-corrected chi connectivity index (χ3v) is 3.81. The summed E-state index contributed by atoms with van der Waals surface area (Å²) in [5.41, 5.74) is 1.50. The molecule has 0 aliphatic rings. The fraction of sp³-hybridized carbons (Fsp3) is 0.300. The minimum Gasteiger partial charge on any atom is -0.497 e. The molecule has 2 rings (SSSR count). The lowest BCUT2D eigenvalue weighted by Gasteiger charge is -2.11. The molecule has 0 radical (unpaired) electrons. The van der Waals surface area contributed by atoms with Gasteiger partial charge in [0, 0.05) is 12.1 Å². The van der Waals surface area contributed by atoms with Crippen LogP contribution >= 0.6 is 0 Å². The number of ether oxygens (including phenoxy) is 3. The molecular formula is C20H23NO5. The highest BCUT2D eigenvalue weighted by Crippen LogP contribution is 2.24. The lowest BCUT2D eigenvalue weighted by atomic mass is 10.1. The van der Waals surface area contributed by atoms with Gasteiger partial charge in [0.05, 0.1) is 14.2 Å². The summed E-state index contributed by atoms with van der Waals surface area (Å²) in [6.07, 6.45) is 0.603. The van der Waals surface area contributed by atoms with Gasteiger partial charge in [0.25, 0.3) is 5.91 Å². The van der Waals surface area contributed by atoms with Crippen LogP contribution in [0.5, 0.6) is 17.2 Å². The van der Waals surface area contributed by atoms with Gasteiger partial charge in [-0.05, 0) is 49.2 Å². The Bertz CT molecular complexity index is 773. The average Bonchev–Trinajstić information content (AvgIpc) is 2.66. The molecule has 138 valence electrons. The Labute approximate surface area is 153 Å². The standard InChI is InChI=1S/C20H23NO5/c1-14(22)15-5-4-6-18(11-15)26-13-20(23)21-10-9-16-12-17(24-2)7-8-19(16)25-3/h4-8,11-12H,9-10,13H2,1-3H3,(H,21,23). The predicted octanol–water partition coefficient (Wildman–Crippen LogP) is 2.64. The van der Waals surface area contributed by atoms with Crippen molar-refractivity contribution in [2.75, 3.05) is 27.4 Å². The minimum absolute atomic E-state index is 0.0489. The third-order valence-electron chi connectivity index (χ3n) is 3.81. The topological polar surface area (TPSA) is 73.9 Å². The van der Waals surface area contributed by atoms with Crippen LogP contribution in [0.1, 0.15) is 22.8 Å². The molecule has 0 saturated heterocycles. The Balaban J connectivity index is 1.82. The van der Waals surface area contributed by atoms with E-state index in [1.807, 2.05) is 18.2 Å². The highest BCUT2D eigenvalue weighted by atomic mass is 16.5. The van der Waals surface area contributed by atoms with Crippen molar-refractivity contribution in [2.45, 2.75) is 13.3 Å². The van der Waals surface area contributed by atoms with Gasteiger partial charge in [0.1, 0.15) is 17.2 Å². The molecule has 0 bridgehead atoms. The van der Waals surface area contributed by atoms with Crippen molar-refractivity contribution >= 4 is 11.7 Å². The number of Topliss-reactive ketones (excluding diaryl/α,β-unsaturated/α-hetero) is 1. The van der Waals surface area contributed by atoms with Crippen molar-refractivity contribution in [3.63, 3.8) is 0 Å². The van der Waals surface area contributed by atoms with Crippen LogP contribution in [0.15, 0.2) is 42.5 Å². The first-order valence-corrected chi connectivity index (χ1v) is 8.25. The van der Waals surface area contributed by atoms with Crippen molar-refractivity contribution in [2.24, 2.45) is 0 Å². The smallest absolute Gasteiger partial charge is 0.257 e. The summed E-state index contributed by atoms with van der Waals surface area (Å²) in [5, 5.41) is 2.80. The summed E-state index contributed by atoms with van der Waals surface area (Å²) in [6.45, 7) is 1.81. The van der Waals surface area contributed by atoms with Gasteiger partial charge in [0.15, 0.2) is 12.4 Å². The van der Waals surface area contributed by atoms with E-state index >= 15 is 0 Å². The molecule has 1 amide bonds. The molecule has 0 aromatic heterocycles. The van der Waals surface area contributed by atoms with Crippen molar-refractivity contribution in [1.29, 1.82) is 0 Å². The molecule has 0 aliphatic carbocycles. The van der Waals surface area contributed by atoms with E-state index in [9.17, 15) is 9.59 Å². The molecule has 0 fully saturated rings. The molecule has 0 unspecified atom stereocenters. The van der Waals surface area contributed by atoms with E-state index in [2.05, 4.69) is 5.32 Å². The van der Waals surface area contributed by atoms with E-state index in [1.165, 1.54) is 6.92 Å². The number of rotatable bonds is 9. The average molecular weight is 357 g/mol. The zero-order valence-electron chi connectivity index (χ0n) is 15.2. The van der Waals surface area contributed by atoms with Crippen LogP contribution in [0.25, 0.3) is 0 Å². The lowest BCUT2D eigenvalue weighted by Crippen LogP contribution is -2.30. The van der Waals surface area contributed by atoms with Gasteiger partial charge in [-0.1, -0.05) is 12.1 Å². The third kappa shape index (κ3) is 5.51. The minimum atomic E-state index is -0.236. The maximum Gasteiger partial charge on any atom is 0.257 e. The highest BCUT2D eigenvalue weighted by molar-refractivity contribution is 5.94. The summed E-state index contributed by atoms with van der Waals surface area (Å²) in [5.74, 6) is 1.69. The van der Waals surface area contributed by atoms with Crippen LogP contribution in [0, 0.1) is 0 Å². The molecular weight excluding hydrogens is 334 g/mol. The number of nitrogens with one attached hydrogen (secondary N) is 1. The summed E-state index contributed by atoms with van der Waals surface area (Å²) in [7, 11) is 3.21. The maximum absolute atomic E-state index is 11.9. The van der Waals surface area contributed by atoms with Crippen LogP contribution in [-0.2, 0) is 11.2 Å². The number of carbonyl (C=O) groups is 2. The number of methoxy groups -OCH3 is 2. The molecule has 0 saturated carbocycles. The summed E-state index contributed by atoms with van der Waals surface area (Å²) in [4.78, 5) is 23.3. The van der Waals surface area contributed by atoms with E-state index in [1.54, 1.807) is 38.5 Å². The monoisotopic (exact) mass is 357 g/mol. The van der Waals surface area contributed by atoms with Gasteiger partial charge in [-0.2, -0.15) is 0 Å². The normalized spacial score (nSPS) is 10.1. The molecule has 6 heteroatoms. The van der Waals surface area contributed by atoms with Gasteiger partial charge in [-0.25, -0.2) is 0 Å². The lowest BCUT2D eigenvalue weighted by molar-refractivity contribution is -0.123. The fourth-order valence-corrected chi connectivity index (χ4v) is 2.42. The van der Waals surface area contributed by atoms with Crippen LogP contribution in [-0.4, -0.2) is 39.1 Å². The molecule has 26 heavy (non-hydrogen) atoms. The van der Waals surface area contributed by atoms with E-state index in [0.29, 0.717) is 24.3 Å². The largest absolute Gasteiger partial charge is 0.497 e. The molecule has 0 aliphatic heterocycles. The summed E-state index contributed by atoms with van der Waals surface area (Å²) < 4.78 is 16.0.